The summed E-state index contributed by atoms with van der Waals surface area (Å²) in [5.74, 6) is 0.285. The van der Waals surface area contributed by atoms with Gasteiger partial charge in [0.25, 0.3) is 0 Å². The Hall–Kier alpha value is -0.610. The molecule has 0 aromatic carbocycles. The number of carbonyl (C=O) groups is 1. The van der Waals surface area contributed by atoms with Gasteiger partial charge in [0, 0.05) is 13.0 Å². The molecule has 0 bridgehead atoms. The molecule has 0 aromatic heterocycles. The maximum absolute atomic E-state index is 11.5. The van der Waals surface area contributed by atoms with Crippen LogP contribution in [0.2, 0.25) is 0 Å². The molecule has 1 fully saturated rings. The predicted molar refractivity (Wildman–Crippen MR) is 64.0 cm³/mol. The predicted octanol–water partition coefficient (Wildman–Crippen LogP) is 1.05. The fourth-order valence-electron chi connectivity index (χ4n) is 2.28. The van der Waals surface area contributed by atoms with Gasteiger partial charge in [-0.1, -0.05) is 20.8 Å². The molecule has 0 spiro atoms. The van der Waals surface area contributed by atoms with E-state index < -0.39 is 5.54 Å². The summed E-state index contributed by atoms with van der Waals surface area (Å²) in [6.45, 7) is 7.76. The number of nitrogens with two attached hydrogens (primary N) is 1. The second-order valence-electron chi connectivity index (χ2n) is 5.07. The van der Waals surface area contributed by atoms with Crippen molar-refractivity contribution in [2.45, 2.75) is 51.7 Å². The highest BCUT2D eigenvalue weighted by molar-refractivity contribution is 5.85. The lowest BCUT2D eigenvalue weighted by Gasteiger charge is -2.26. The lowest BCUT2D eigenvalue weighted by molar-refractivity contribution is -0.124. The number of nitrogens with one attached hydrogen (secondary N) is 1. The van der Waals surface area contributed by atoms with Crippen molar-refractivity contribution >= 4 is 5.91 Å². The van der Waals surface area contributed by atoms with Crippen molar-refractivity contribution in [3.8, 4) is 0 Å². The Balaban J connectivity index is 2.50. The van der Waals surface area contributed by atoms with Crippen molar-refractivity contribution < 1.29 is 9.53 Å². The number of likely N-dealkylation sites (N-methyl/N-ethyl adjacent to an activating group) is 1. The third-order valence-electron chi connectivity index (χ3n) is 3.12. The van der Waals surface area contributed by atoms with E-state index in [2.05, 4.69) is 19.2 Å². The largest absolute Gasteiger partial charge is 0.378 e. The van der Waals surface area contributed by atoms with Crippen molar-refractivity contribution in [1.82, 2.24) is 5.32 Å². The third-order valence-corrected chi connectivity index (χ3v) is 3.12. The minimum absolute atomic E-state index is 0.175. The molecule has 4 heteroatoms. The van der Waals surface area contributed by atoms with E-state index in [1.165, 1.54) is 0 Å². The van der Waals surface area contributed by atoms with Crippen LogP contribution in [0.4, 0.5) is 0 Å². The number of ether oxygens (including phenoxy) is 1. The summed E-state index contributed by atoms with van der Waals surface area (Å²) in [6, 6.07) is 0. The summed E-state index contributed by atoms with van der Waals surface area (Å²) in [5.41, 5.74) is 4.95. The zero-order valence-corrected chi connectivity index (χ0v) is 10.6. The van der Waals surface area contributed by atoms with Crippen LogP contribution in [0.15, 0.2) is 0 Å². The molecule has 2 unspecified atom stereocenters. The minimum Gasteiger partial charge on any atom is -0.378 e. The van der Waals surface area contributed by atoms with Gasteiger partial charge >= 0.3 is 0 Å². The van der Waals surface area contributed by atoms with Gasteiger partial charge in [-0.2, -0.15) is 0 Å². The van der Waals surface area contributed by atoms with Crippen LogP contribution in [0.1, 0.15) is 40.0 Å². The molecular formula is C12H24N2O2. The van der Waals surface area contributed by atoms with Crippen molar-refractivity contribution in [2.75, 3.05) is 13.2 Å². The molecular weight excluding hydrogens is 204 g/mol. The Morgan fingerprint density at radius 1 is 1.62 bits per heavy atom. The van der Waals surface area contributed by atoms with Gasteiger partial charge < -0.3 is 15.8 Å². The Morgan fingerprint density at radius 2 is 2.31 bits per heavy atom. The first-order valence-corrected chi connectivity index (χ1v) is 6.16. The molecule has 0 saturated heterocycles. The average molecular weight is 228 g/mol. The molecule has 1 saturated carbocycles. The van der Waals surface area contributed by atoms with Crippen molar-refractivity contribution in [3.63, 3.8) is 0 Å². The average Bonchev–Trinajstić information content (AvgIpc) is 2.60. The van der Waals surface area contributed by atoms with Gasteiger partial charge in [-0.25, -0.2) is 0 Å². The van der Waals surface area contributed by atoms with E-state index in [0.29, 0.717) is 12.3 Å². The molecule has 3 N–H and O–H groups in total. The summed E-state index contributed by atoms with van der Waals surface area (Å²) >= 11 is 0. The summed E-state index contributed by atoms with van der Waals surface area (Å²) in [7, 11) is 0. The Bertz CT molecular complexity index is 243. The summed E-state index contributed by atoms with van der Waals surface area (Å²) in [4.78, 5) is 11.5. The van der Waals surface area contributed by atoms with Crippen LogP contribution in [0, 0.1) is 5.92 Å². The molecule has 1 rings (SSSR count). The molecule has 1 aliphatic rings. The molecule has 16 heavy (non-hydrogen) atoms. The summed E-state index contributed by atoms with van der Waals surface area (Å²) in [5, 5.41) is 3.22. The maximum Gasteiger partial charge on any atom is 0.237 e. The quantitative estimate of drug-likeness (QED) is 0.714. The molecule has 94 valence electrons. The van der Waals surface area contributed by atoms with Gasteiger partial charge in [-0.3, -0.25) is 4.79 Å². The maximum atomic E-state index is 11.5. The van der Waals surface area contributed by atoms with Crippen LogP contribution >= 0.6 is 0 Å². The lowest BCUT2D eigenvalue weighted by Crippen LogP contribution is -2.53. The molecule has 1 aliphatic carbocycles. The van der Waals surface area contributed by atoms with Gasteiger partial charge in [-0.05, 0) is 25.3 Å². The SMILES string of the molecule is CCNC1(C(N)=O)CCC(OCC(C)C)C1. The second-order valence-corrected chi connectivity index (χ2v) is 5.07. The fraction of sp³-hybridized carbons (Fsp3) is 0.917. The first kappa shape index (κ1) is 13.5. The fourth-order valence-corrected chi connectivity index (χ4v) is 2.28. The van der Waals surface area contributed by atoms with Crippen LogP contribution < -0.4 is 11.1 Å². The van der Waals surface area contributed by atoms with Crippen LogP contribution in [-0.2, 0) is 9.53 Å². The first-order chi connectivity index (χ1) is 7.50. The van der Waals surface area contributed by atoms with Gasteiger partial charge in [0.05, 0.1) is 6.10 Å². The summed E-state index contributed by atoms with van der Waals surface area (Å²) < 4.78 is 5.77. The molecule has 0 aromatic rings. The van der Waals surface area contributed by atoms with E-state index in [1.54, 1.807) is 0 Å². The first-order valence-electron chi connectivity index (χ1n) is 6.16. The summed E-state index contributed by atoms with van der Waals surface area (Å²) in [6.07, 6.45) is 2.60. The van der Waals surface area contributed by atoms with E-state index >= 15 is 0 Å². The van der Waals surface area contributed by atoms with Crippen LogP contribution in [0.3, 0.4) is 0 Å². The number of primary amides is 1. The molecule has 1 amide bonds. The van der Waals surface area contributed by atoms with E-state index in [9.17, 15) is 4.79 Å². The van der Waals surface area contributed by atoms with E-state index in [0.717, 1.165) is 26.0 Å². The second kappa shape index (κ2) is 5.64. The van der Waals surface area contributed by atoms with Gasteiger partial charge in [0.2, 0.25) is 5.91 Å². The Kier molecular flexibility index (Phi) is 4.74. The molecule has 0 aliphatic heterocycles. The normalized spacial score (nSPS) is 29.9. The highest BCUT2D eigenvalue weighted by Crippen LogP contribution is 2.32. The molecule has 0 heterocycles. The number of amides is 1. The zero-order chi connectivity index (χ0) is 12.2. The van der Waals surface area contributed by atoms with Crippen LogP contribution in [0.5, 0.6) is 0 Å². The molecule has 0 radical (unpaired) electrons. The number of hydrogen-bond donors (Lipinski definition) is 2. The monoisotopic (exact) mass is 228 g/mol. The molecule has 4 nitrogen and oxygen atoms in total. The van der Waals surface area contributed by atoms with E-state index in [-0.39, 0.29) is 12.0 Å². The van der Waals surface area contributed by atoms with E-state index in [1.807, 2.05) is 6.92 Å². The van der Waals surface area contributed by atoms with E-state index in [4.69, 9.17) is 10.5 Å². The van der Waals surface area contributed by atoms with Crippen LogP contribution in [0.25, 0.3) is 0 Å². The number of carbonyl (C=O) groups excluding carboxylic acids is 1. The highest BCUT2D eigenvalue weighted by atomic mass is 16.5. The topological polar surface area (TPSA) is 64.3 Å². The standard InChI is InChI=1S/C12H24N2O2/c1-4-14-12(11(13)15)6-5-10(7-12)16-8-9(2)3/h9-10,14H,4-8H2,1-3H3,(H2,13,15). The van der Waals surface area contributed by atoms with Crippen molar-refractivity contribution in [3.05, 3.63) is 0 Å². The van der Waals surface area contributed by atoms with Crippen molar-refractivity contribution in [2.24, 2.45) is 11.7 Å². The Morgan fingerprint density at radius 3 is 2.81 bits per heavy atom. The number of hydrogen-bond acceptors (Lipinski definition) is 3. The minimum atomic E-state index is -0.531. The lowest BCUT2D eigenvalue weighted by atomic mass is 9.96. The zero-order valence-electron chi connectivity index (χ0n) is 10.6. The highest BCUT2D eigenvalue weighted by Gasteiger charge is 2.43. The van der Waals surface area contributed by atoms with Gasteiger partial charge in [0.1, 0.15) is 5.54 Å². The Labute approximate surface area is 97.9 Å². The smallest absolute Gasteiger partial charge is 0.237 e. The van der Waals surface area contributed by atoms with Gasteiger partial charge in [-0.15, -0.1) is 0 Å². The molecule has 2 atom stereocenters. The number of rotatable bonds is 6. The van der Waals surface area contributed by atoms with Crippen molar-refractivity contribution in [1.29, 1.82) is 0 Å². The van der Waals surface area contributed by atoms with Crippen LogP contribution in [-0.4, -0.2) is 30.7 Å². The third kappa shape index (κ3) is 3.19. The van der Waals surface area contributed by atoms with Gasteiger partial charge in [0.15, 0.2) is 0 Å².